The van der Waals surface area contributed by atoms with Crippen LogP contribution < -0.4 is 21.3 Å². The van der Waals surface area contributed by atoms with Gasteiger partial charge in [-0.2, -0.15) is 0 Å². The molecule has 0 aromatic carbocycles. The molecule has 2 heterocycles. The molecule has 0 saturated carbocycles. The molecule has 0 aliphatic carbocycles. The van der Waals surface area contributed by atoms with Crippen LogP contribution in [0.4, 0.5) is 5.82 Å². The lowest BCUT2D eigenvalue weighted by Gasteiger charge is -2.33. The van der Waals surface area contributed by atoms with Gasteiger partial charge in [0.2, 0.25) is 5.91 Å². The summed E-state index contributed by atoms with van der Waals surface area (Å²) in [7, 11) is 0. The standard InChI is InChI=1S/C19H32N6O/c1-4-14(3)24-19(21-5-2)23-12-15-8-6-10-22-18(15)25-11-7-9-16(13-25)17(20)26/h6,8,10,14,16H,4-5,7,9,11-13H2,1-3H3,(H2,20,26)(H2,21,23,24). The fourth-order valence-corrected chi connectivity index (χ4v) is 3.06. The van der Waals surface area contributed by atoms with Crippen molar-refractivity contribution in [2.45, 2.75) is 52.6 Å². The zero-order valence-electron chi connectivity index (χ0n) is 16.2. The van der Waals surface area contributed by atoms with Crippen LogP contribution in [0, 0.1) is 5.92 Å². The number of hydrogen-bond acceptors (Lipinski definition) is 4. The number of nitrogens with zero attached hydrogens (tertiary/aromatic N) is 3. The van der Waals surface area contributed by atoms with E-state index in [2.05, 4.69) is 41.3 Å². The van der Waals surface area contributed by atoms with Gasteiger partial charge in [-0.1, -0.05) is 13.0 Å². The number of nitrogens with one attached hydrogen (secondary N) is 2. The van der Waals surface area contributed by atoms with Crippen LogP contribution >= 0.6 is 0 Å². The van der Waals surface area contributed by atoms with Crippen LogP contribution in [0.1, 0.15) is 45.6 Å². The Balaban J connectivity index is 2.14. The third kappa shape index (κ3) is 5.61. The average molecular weight is 361 g/mol. The van der Waals surface area contributed by atoms with E-state index in [0.717, 1.165) is 49.7 Å². The number of pyridine rings is 1. The topological polar surface area (TPSA) is 95.6 Å². The Morgan fingerprint density at radius 3 is 3.00 bits per heavy atom. The number of aliphatic imine (C=N–C) groups is 1. The summed E-state index contributed by atoms with van der Waals surface area (Å²) in [6, 6.07) is 4.34. The first kappa shape index (κ1) is 20.0. The number of guanidine groups is 1. The minimum atomic E-state index is -0.225. The molecule has 0 radical (unpaired) electrons. The fourth-order valence-electron chi connectivity index (χ4n) is 3.06. The van der Waals surface area contributed by atoms with Gasteiger partial charge in [0.1, 0.15) is 5.82 Å². The Bertz CT molecular complexity index is 618. The van der Waals surface area contributed by atoms with E-state index < -0.39 is 0 Å². The van der Waals surface area contributed by atoms with Gasteiger partial charge in [0, 0.05) is 37.4 Å². The maximum atomic E-state index is 11.6. The highest BCUT2D eigenvalue weighted by Gasteiger charge is 2.25. The Morgan fingerprint density at radius 1 is 1.50 bits per heavy atom. The lowest BCUT2D eigenvalue weighted by atomic mass is 9.97. The SMILES string of the molecule is CCNC(=NCc1cccnc1N1CCCC(C(N)=O)C1)NC(C)CC. The van der Waals surface area contributed by atoms with Crippen molar-refractivity contribution in [3.8, 4) is 0 Å². The van der Waals surface area contributed by atoms with Gasteiger partial charge in [0.25, 0.3) is 0 Å². The zero-order valence-corrected chi connectivity index (χ0v) is 16.2. The number of amides is 1. The molecular weight excluding hydrogens is 328 g/mol. The molecule has 7 heteroatoms. The van der Waals surface area contributed by atoms with E-state index in [1.807, 2.05) is 12.1 Å². The van der Waals surface area contributed by atoms with E-state index in [4.69, 9.17) is 10.7 Å². The van der Waals surface area contributed by atoms with Crippen molar-refractivity contribution in [2.75, 3.05) is 24.5 Å². The highest BCUT2D eigenvalue weighted by atomic mass is 16.1. The number of aromatic nitrogens is 1. The van der Waals surface area contributed by atoms with E-state index in [0.29, 0.717) is 19.1 Å². The van der Waals surface area contributed by atoms with Crippen molar-refractivity contribution in [3.63, 3.8) is 0 Å². The van der Waals surface area contributed by atoms with Crippen LogP contribution in [0.3, 0.4) is 0 Å². The molecule has 144 valence electrons. The number of rotatable bonds is 7. The van der Waals surface area contributed by atoms with Gasteiger partial charge in [0.15, 0.2) is 5.96 Å². The molecule has 7 nitrogen and oxygen atoms in total. The van der Waals surface area contributed by atoms with Crippen molar-refractivity contribution >= 4 is 17.7 Å². The third-order valence-corrected chi connectivity index (χ3v) is 4.74. The monoisotopic (exact) mass is 360 g/mol. The van der Waals surface area contributed by atoms with Gasteiger partial charge >= 0.3 is 0 Å². The summed E-state index contributed by atoms with van der Waals surface area (Å²) in [6.45, 7) is 9.21. The highest BCUT2D eigenvalue weighted by Crippen LogP contribution is 2.24. The van der Waals surface area contributed by atoms with Gasteiger partial charge in [-0.05, 0) is 39.2 Å². The Kier molecular flexibility index (Phi) is 7.69. The van der Waals surface area contributed by atoms with E-state index in [9.17, 15) is 4.79 Å². The molecule has 2 rings (SSSR count). The third-order valence-electron chi connectivity index (χ3n) is 4.74. The molecule has 1 aromatic heterocycles. The van der Waals surface area contributed by atoms with E-state index in [1.165, 1.54) is 0 Å². The first-order valence-electron chi connectivity index (χ1n) is 9.58. The van der Waals surface area contributed by atoms with Crippen molar-refractivity contribution < 1.29 is 4.79 Å². The van der Waals surface area contributed by atoms with Gasteiger partial charge in [0.05, 0.1) is 12.5 Å². The number of primary amides is 1. The van der Waals surface area contributed by atoms with E-state index in [1.54, 1.807) is 6.20 Å². The van der Waals surface area contributed by atoms with Gasteiger partial charge in [-0.3, -0.25) is 4.79 Å². The molecule has 1 amide bonds. The molecule has 1 aliphatic heterocycles. The molecular formula is C19H32N6O. The summed E-state index contributed by atoms with van der Waals surface area (Å²) < 4.78 is 0. The quantitative estimate of drug-likeness (QED) is 0.507. The van der Waals surface area contributed by atoms with E-state index in [-0.39, 0.29) is 11.8 Å². The normalized spacial score (nSPS) is 19.1. The van der Waals surface area contributed by atoms with Crippen molar-refractivity contribution in [2.24, 2.45) is 16.6 Å². The predicted octanol–water partition coefficient (Wildman–Crippen LogP) is 1.64. The maximum Gasteiger partial charge on any atom is 0.222 e. The van der Waals surface area contributed by atoms with Crippen LogP contribution in [0.25, 0.3) is 0 Å². The number of carbonyl (C=O) groups is 1. The predicted molar refractivity (Wildman–Crippen MR) is 106 cm³/mol. The second-order valence-electron chi connectivity index (χ2n) is 6.82. The highest BCUT2D eigenvalue weighted by molar-refractivity contribution is 5.80. The van der Waals surface area contributed by atoms with Crippen molar-refractivity contribution in [1.82, 2.24) is 15.6 Å². The van der Waals surface area contributed by atoms with Gasteiger partial charge in [-0.25, -0.2) is 9.98 Å². The average Bonchev–Trinajstić information content (AvgIpc) is 2.66. The molecule has 4 N–H and O–H groups in total. The second kappa shape index (κ2) is 9.99. The lowest BCUT2D eigenvalue weighted by Crippen LogP contribution is -2.42. The number of piperidine rings is 1. The minimum absolute atomic E-state index is 0.105. The molecule has 2 atom stereocenters. The second-order valence-corrected chi connectivity index (χ2v) is 6.82. The Hall–Kier alpha value is -2.31. The van der Waals surface area contributed by atoms with Gasteiger partial charge in [-0.15, -0.1) is 0 Å². The molecule has 1 saturated heterocycles. The molecule has 2 unspecified atom stereocenters. The molecule has 0 spiro atoms. The maximum absolute atomic E-state index is 11.6. The first-order valence-corrected chi connectivity index (χ1v) is 9.58. The summed E-state index contributed by atoms with van der Waals surface area (Å²) in [4.78, 5) is 23.0. The van der Waals surface area contributed by atoms with Crippen molar-refractivity contribution in [3.05, 3.63) is 23.9 Å². The van der Waals surface area contributed by atoms with Crippen LogP contribution in [-0.2, 0) is 11.3 Å². The van der Waals surface area contributed by atoms with Crippen molar-refractivity contribution in [1.29, 1.82) is 0 Å². The largest absolute Gasteiger partial charge is 0.369 e. The summed E-state index contributed by atoms with van der Waals surface area (Å²) in [5.41, 5.74) is 6.57. The number of anilines is 1. The summed E-state index contributed by atoms with van der Waals surface area (Å²) in [6.07, 6.45) is 4.63. The molecule has 26 heavy (non-hydrogen) atoms. The molecule has 1 aliphatic rings. The summed E-state index contributed by atoms with van der Waals surface area (Å²) in [5.74, 6) is 1.38. The van der Waals surface area contributed by atoms with Crippen LogP contribution in [0.2, 0.25) is 0 Å². The number of nitrogens with two attached hydrogens (primary N) is 1. The zero-order chi connectivity index (χ0) is 18.9. The van der Waals surface area contributed by atoms with Crippen LogP contribution in [-0.4, -0.2) is 42.5 Å². The Labute approximate surface area is 156 Å². The van der Waals surface area contributed by atoms with E-state index >= 15 is 0 Å². The van der Waals surface area contributed by atoms with Gasteiger partial charge < -0.3 is 21.3 Å². The Morgan fingerprint density at radius 2 is 2.31 bits per heavy atom. The summed E-state index contributed by atoms with van der Waals surface area (Å²) in [5, 5.41) is 6.69. The molecule has 1 aromatic rings. The molecule has 1 fully saturated rings. The number of carbonyl (C=O) groups excluding carboxylic acids is 1. The minimum Gasteiger partial charge on any atom is -0.369 e. The number of hydrogen-bond donors (Lipinski definition) is 3. The first-order chi connectivity index (χ1) is 12.5. The summed E-state index contributed by atoms with van der Waals surface area (Å²) >= 11 is 0. The molecule has 0 bridgehead atoms. The fraction of sp³-hybridized carbons (Fsp3) is 0.632. The smallest absolute Gasteiger partial charge is 0.222 e. The van der Waals surface area contributed by atoms with Crippen LogP contribution in [0.15, 0.2) is 23.3 Å². The lowest BCUT2D eigenvalue weighted by molar-refractivity contribution is -0.122. The van der Waals surface area contributed by atoms with Crippen LogP contribution in [0.5, 0.6) is 0 Å².